The summed E-state index contributed by atoms with van der Waals surface area (Å²) < 4.78 is 6.02. The molecule has 0 amide bonds. The number of Topliss-reactive ketones (excluding diaryl/α,β-unsaturated/α-hetero) is 1. The highest BCUT2D eigenvalue weighted by atomic mass is 79.9. The molecule has 0 bridgehead atoms. The highest BCUT2D eigenvalue weighted by Gasteiger charge is 2.08. The number of carbonyl (C=O) groups is 1. The van der Waals surface area contributed by atoms with Crippen LogP contribution in [0, 0.1) is 0 Å². The van der Waals surface area contributed by atoms with E-state index in [0.29, 0.717) is 6.42 Å². The normalized spacial score (nSPS) is 10.8. The van der Waals surface area contributed by atoms with Gasteiger partial charge in [-0.15, -0.1) is 0 Å². The van der Waals surface area contributed by atoms with Crippen molar-refractivity contribution < 1.29 is 9.21 Å². The molecule has 3 aromatic rings. The lowest BCUT2D eigenvalue weighted by Gasteiger charge is -2.03. The van der Waals surface area contributed by atoms with E-state index in [0.717, 1.165) is 26.4 Å². The van der Waals surface area contributed by atoms with Crippen LogP contribution in [0.2, 0.25) is 0 Å². The molecule has 0 saturated heterocycles. The lowest BCUT2D eigenvalue weighted by atomic mass is 10.0. The van der Waals surface area contributed by atoms with Crippen LogP contribution < -0.4 is 0 Å². The molecule has 0 spiro atoms. The Morgan fingerprint density at radius 2 is 1.84 bits per heavy atom. The Balaban J connectivity index is 1.92. The lowest BCUT2D eigenvalue weighted by Crippen LogP contribution is -2.02. The van der Waals surface area contributed by atoms with Crippen molar-refractivity contribution in [1.82, 2.24) is 0 Å². The highest BCUT2D eigenvalue weighted by molar-refractivity contribution is 9.10. The summed E-state index contributed by atoms with van der Waals surface area (Å²) in [6.07, 6.45) is 3.56. The number of furan rings is 1. The van der Waals surface area contributed by atoms with Crippen molar-refractivity contribution in [2.45, 2.75) is 6.42 Å². The molecular weight excluding hydrogens is 304 g/mol. The molecule has 0 atom stereocenters. The van der Waals surface area contributed by atoms with Crippen LogP contribution in [0.1, 0.15) is 15.9 Å². The number of carbonyl (C=O) groups excluding carboxylic acids is 1. The van der Waals surface area contributed by atoms with Crippen molar-refractivity contribution in [2.24, 2.45) is 0 Å². The molecule has 3 heteroatoms. The molecule has 0 aliphatic carbocycles. The van der Waals surface area contributed by atoms with Crippen LogP contribution in [-0.4, -0.2) is 5.78 Å². The Labute approximate surface area is 119 Å². The Bertz CT molecular complexity index is 730. The molecule has 94 valence electrons. The number of hydrogen-bond donors (Lipinski definition) is 0. The monoisotopic (exact) mass is 314 g/mol. The molecule has 0 radical (unpaired) electrons. The lowest BCUT2D eigenvalue weighted by molar-refractivity contribution is 0.0993. The van der Waals surface area contributed by atoms with Gasteiger partial charge < -0.3 is 4.42 Å². The van der Waals surface area contributed by atoms with Gasteiger partial charge in [-0.1, -0.05) is 34.1 Å². The van der Waals surface area contributed by atoms with Crippen LogP contribution in [0.4, 0.5) is 0 Å². The predicted molar refractivity (Wildman–Crippen MR) is 78.4 cm³/mol. The van der Waals surface area contributed by atoms with Gasteiger partial charge in [0.2, 0.25) is 0 Å². The van der Waals surface area contributed by atoms with Crippen molar-refractivity contribution in [1.29, 1.82) is 0 Å². The van der Waals surface area contributed by atoms with Gasteiger partial charge in [-0.05, 0) is 40.6 Å². The number of benzene rings is 2. The molecule has 0 aliphatic heterocycles. The predicted octanol–water partition coefficient (Wildman–Crippen LogP) is 4.62. The molecule has 1 aromatic heterocycles. The second kappa shape index (κ2) is 5.02. The van der Waals surface area contributed by atoms with E-state index in [4.69, 9.17) is 4.42 Å². The largest absolute Gasteiger partial charge is 0.472 e. The topological polar surface area (TPSA) is 30.2 Å². The molecule has 0 fully saturated rings. The van der Waals surface area contributed by atoms with Crippen LogP contribution in [0.15, 0.2) is 63.9 Å². The first-order valence-electron chi connectivity index (χ1n) is 5.96. The van der Waals surface area contributed by atoms with Gasteiger partial charge in [-0.3, -0.25) is 4.79 Å². The minimum Gasteiger partial charge on any atom is -0.472 e. The fourth-order valence-corrected chi connectivity index (χ4v) is 2.45. The summed E-state index contributed by atoms with van der Waals surface area (Å²) in [6.45, 7) is 0. The van der Waals surface area contributed by atoms with E-state index in [2.05, 4.69) is 15.9 Å². The fraction of sp³-hybridized carbons (Fsp3) is 0.0625. The molecule has 3 rings (SSSR count). The Hall–Kier alpha value is -1.87. The van der Waals surface area contributed by atoms with Crippen molar-refractivity contribution in [3.63, 3.8) is 0 Å². The zero-order valence-corrected chi connectivity index (χ0v) is 11.7. The SMILES string of the molecule is O=C(Cc1ccoc1)c1ccc2cc(Br)ccc2c1. The number of rotatable bonds is 3. The summed E-state index contributed by atoms with van der Waals surface area (Å²) in [5.41, 5.74) is 1.64. The first kappa shape index (κ1) is 12.2. The Morgan fingerprint density at radius 3 is 2.63 bits per heavy atom. The minimum absolute atomic E-state index is 0.103. The summed E-state index contributed by atoms with van der Waals surface area (Å²) in [7, 11) is 0. The number of halogens is 1. The maximum atomic E-state index is 12.2. The highest BCUT2D eigenvalue weighted by Crippen LogP contribution is 2.21. The minimum atomic E-state index is 0.103. The average molecular weight is 315 g/mol. The molecule has 2 nitrogen and oxygen atoms in total. The average Bonchev–Trinajstić information content (AvgIpc) is 2.91. The van der Waals surface area contributed by atoms with Gasteiger partial charge in [0.05, 0.1) is 12.5 Å². The van der Waals surface area contributed by atoms with E-state index >= 15 is 0 Å². The first-order chi connectivity index (χ1) is 9.22. The van der Waals surface area contributed by atoms with E-state index in [-0.39, 0.29) is 5.78 Å². The molecule has 2 aromatic carbocycles. The van der Waals surface area contributed by atoms with Crippen LogP contribution in [-0.2, 0) is 6.42 Å². The summed E-state index contributed by atoms with van der Waals surface area (Å²) in [5.74, 6) is 0.103. The molecular formula is C16H11BrO2. The summed E-state index contributed by atoms with van der Waals surface area (Å²) in [4.78, 5) is 12.2. The van der Waals surface area contributed by atoms with Gasteiger partial charge in [0.1, 0.15) is 0 Å². The number of hydrogen-bond acceptors (Lipinski definition) is 2. The first-order valence-corrected chi connectivity index (χ1v) is 6.75. The van der Waals surface area contributed by atoms with Crippen LogP contribution >= 0.6 is 15.9 Å². The maximum absolute atomic E-state index is 12.2. The zero-order chi connectivity index (χ0) is 13.2. The molecule has 1 heterocycles. The zero-order valence-electron chi connectivity index (χ0n) is 10.1. The summed E-state index contributed by atoms with van der Waals surface area (Å²) in [6, 6.07) is 13.6. The third-order valence-electron chi connectivity index (χ3n) is 3.07. The second-order valence-electron chi connectivity index (χ2n) is 4.44. The Kier molecular flexibility index (Phi) is 3.22. The van der Waals surface area contributed by atoms with Gasteiger partial charge >= 0.3 is 0 Å². The van der Waals surface area contributed by atoms with Gasteiger partial charge in [-0.2, -0.15) is 0 Å². The molecule has 0 saturated carbocycles. The standard InChI is InChI=1S/C16H11BrO2/c17-15-4-3-12-8-14(2-1-13(12)9-15)16(18)7-11-5-6-19-10-11/h1-6,8-10H,7H2. The van der Waals surface area contributed by atoms with Crippen LogP contribution in [0.3, 0.4) is 0 Å². The van der Waals surface area contributed by atoms with Gasteiger partial charge in [0.25, 0.3) is 0 Å². The fourth-order valence-electron chi connectivity index (χ4n) is 2.07. The van der Waals surface area contributed by atoms with Crippen molar-refractivity contribution in [3.8, 4) is 0 Å². The molecule has 0 unspecified atom stereocenters. The second-order valence-corrected chi connectivity index (χ2v) is 5.35. The number of ketones is 1. The smallest absolute Gasteiger partial charge is 0.167 e. The van der Waals surface area contributed by atoms with E-state index in [1.54, 1.807) is 12.5 Å². The number of fused-ring (bicyclic) bond motifs is 1. The molecule has 19 heavy (non-hydrogen) atoms. The van der Waals surface area contributed by atoms with Gasteiger partial charge in [0, 0.05) is 16.5 Å². The van der Waals surface area contributed by atoms with Crippen molar-refractivity contribution in [3.05, 3.63) is 70.6 Å². The third-order valence-corrected chi connectivity index (χ3v) is 3.56. The van der Waals surface area contributed by atoms with Crippen molar-refractivity contribution >= 4 is 32.5 Å². The summed E-state index contributed by atoms with van der Waals surface area (Å²) in [5, 5.41) is 2.19. The third kappa shape index (κ3) is 2.61. The summed E-state index contributed by atoms with van der Waals surface area (Å²) >= 11 is 3.44. The van der Waals surface area contributed by atoms with Crippen molar-refractivity contribution in [2.75, 3.05) is 0 Å². The molecule has 0 N–H and O–H groups in total. The van der Waals surface area contributed by atoms with Crippen LogP contribution in [0.25, 0.3) is 10.8 Å². The van der Waals surface area contributed by atoms with Gasteiger partial charge in [0.15, 0.2) is 5.78 Å². The van der Waals surface area contributed by atoms with E-state index < -0.39 is 0 Å². The maximum Gasteiger partial charge on any atom is 0.167 e. The molecule has 0 aliphatic rings. The Morgan fingerprint density at radius 1 is 1.05 bits per heavy atom. The van der Waals surface area contributed by atoms with Crippen LogP contribution in [0.5, 0.6) is 0 Å². The van der Waals surface area contributed by atoms with E-state index in [9.17, 15) is 4.79 Å². The quantitative estimate of drug-likeness (QED) is 0.660. The van der Waals surface area contributed by atoms with Gasteiger partial charge in [-0.25, -0.2) is 0 Å². The van der Waals surface area contributed by atoms with E-state index in [1.165, 1.54) is 0 Å². The van der Waals surface area contributed by atoms with E-state index in [1.807, 2.05) is 42.5 Å².